The molecule has 2 aromatic rings. The number of ether oxygens (including phenoxy) is 2. The highest BCUT2D eigenvalue weighted by Crippen LogP contribution is 2.29. The van der Waals surface area contributed by atoms with Crippen LogP contribution in [0.4, 0.5) is 5.69 Å². The molecule has 0 fully saturated rings. The van der Waals surface area contributed by atoms with Crippen molar-refractivity contribution in [2.24, 2.45) is 10.7 Å². The fraction of sp³-hybridized carbons (Fsp3) is 0.350. The van der Waals surface area contributed by atoms with E-state index in [1.165, 1.54) is 0 Å². The molecule has 0 saturated carbocycles. The second-order valence-electron chi connectivity index (χ2n) is 6.70. The molecule has 4 N–H and O–H groups in total. The quantitative estimate of drug-likeness (QED) is 0.424. The Hall–Kier alpha value is -2.78. The van der Waals surface area contributed by atoms with E-state index in [4.69, 9.17) is 15.2 Å². The average molecular weight is 421 g/mol. The molecule has 0 heterocycles. The van der Waals surface area contributed by atoms with Gasteiger partial charge in [-0.05, 0) is 37.1 Å². The first kappa shape index (κ1) is 22.5. The third kappa shape index (κ3) is 6.95. The average Bonchev–Trinajstić information content (AvgIpc) is 2.65. The van der Waals surface area contributed by atoms with Crippen molar-refractivity contribution < 1.29 is 17.9 Å². The first-order valence-electron chi connectivity index (χ1n) is 9.10. The molecule has 0 aromatic heterocycles. The van der Waals surface area contributed by atoms with Crippen LogP contribution >= 0.6 is 0 Å². The van der Waals surface area contributed by atoms with Crippen LogP contribution in [0.5, 0.6) is 11.5 Å². The molecule has 2 rings (SSSR count). The molecule has 0 unspecified atom stereocenters. The van der Waals surface area contributed by atoms with Crippen LogP contribution in [-0.2, 0) is 22.3 Å². The summed E-state index contributed by atoms with van der Waals surface area (Å²) in [6.45, 7) is 3.82. The van der Waals surface area contributed by atoms with Gasteiger partial charge in [-0.2, -0.15) is 0 Å². The van der Waals surface area contributed by atoms with E-state index in [1.807, 2.05) is 12.1 Å². The van der Waals surface area contributed by atoms with Gasteiger partial charge in [0.15, 0.2) is 17.5 Å². The number of rotatable bonds is 9. The number of nitrogens with two attached hydrogens (primary N) is 1. The van der Waals surface area contributed by atoms with E-state index in [0.29, 0.717) is 22.7 Å². The summed E-state index contributed by atoms with van der Waals surface area (Å²) in [4.78, 5) is 4.34. The van der Waals surface area contributed by atoms with E-state index in [9.17, 15) is 8.42 Å². The Morgan fingerprint density at radius 3 is 2.34 bits per heavy atom. The molecule has 0 aliphatic carbocycles. The SMILES string of the molecule is COc1ccc(NC(N)=NCc2ccccc2CS(=O)(=O)NC(C)C)cc1OC. The van der Waals surface area contributed by atoms with Crippen molar-refractivity contribution in [3.63, 3.8) is 0 Å². The third-order valence-corrected chi connectivity index (χ3v) is 5.48. The Morgan fingerprint density at radius 2 is 1.72 bits per heavy atom. The van der Waals surface area contributed by atoms with Gasteiger partial charge in [0.1, 0.15) is 0 Å². The van der Waals surface area contributed by atoms with Gasteiger partial charge in [0.2, 0.25) is 10.0 Å². The van der Waals surface area contributed by atoms with Gasteiger partial charge in [-0.15, -0.1) is 0 Å². The van der Waals surface area contributed by atoms with Crippen LogP contribution in [-0.4, -0.2) is 34.6 Å². The standard InChI is InChI=1S/C20H28N4O4S/c1-14(2)24-29(25,26)13-16-8-6-5-7-15(16)12-22-20(21)23-17-9-10-18(27-3)19(11-17)28-4/h5-11,14,24H,12-13H2,1-4H3,(H3,21,22,23). The zero-order chi connectivity index (χ0) is 21.4. The van der Waals surface area contributed by atoms with Crippen LogP contribution in [0.3, 0.4) is 0 Å². The second-order valence-corrected chi connectivity index (χ2v) is 8.45. The Labute approximate surface area is 172 Å². The molecule has 0 aliphatic rings. The van der Waals surface area contributed by atoms with E-state index in [2.05, 4.69) is 15.0 Å². The van der Waals surface area contributed by atoms with Crippen LogP contribution < -0.4 is 25.2 Å². The van der Waals surface area contributed by atoms with Gasteiger partial charge in [0, 0.05) is 17.8 Å². The highest BCUT2D eigenvalue weighted by Gasteiger charge is 2.15. The number of anilines is 1. The predicted molar refractivity (Wildman–Crippen MR) is 116 cm³/mol. The van der Waals surface area contributed by atoms with Crippen LogP contribution in [0.2, 0.25) is 0 Å². The second kappa shape index (κ2) is 10.1. The van der Waals surface area contributed by atoms with Gasteiger partial charge < -0.3 is 20.5 Å². The van der Waals surface area contributed by atoms with Crippen molar-refractivity contribution >= 4 is 21.7 Å². The topological polar surface area (TPSA) is 115 Å². The van der Waals surface area contributed by atoms with Crippen LogP contribution in [0.25, 0.3) is 0 Å². The normalized spacial score (nSPS) is 12.1. The Kier molecular flexibility index (Phi) is 7.86. The Bertz CT molecular complexity index is 959. The lowest BCUT2D eigenvalue weighted by atomic mass is 10.1. The van der Waals surface area contributed by atoms with E-state index in [-0.39, 0.29) is 24.3 Å². The van der Waals surface area contributed by atoms with Crippen molar-refractivity contribution in [2.45, 2.75) is 32.2 Å². The molecule has 9 heteroatoms. The molecular formula is C20H28N4O4S. The van der Waals surface area contributed by atoms with Crippen molar-refractivity contribution in [1.29, 1.82) is 0 Å². The van der Waals surface area contributed by atoms with Gasteiger partial charge in [0.25, 0.3) is 0 Å². The molecule has 0 aliphatic heterocycles. The number of hydrogen-bond acceptors (Lipinski definition) is 5. The molecule has 0 amide bonds. The third-order valence-electron chi connectivity index (χ3n) is 3.95. The molecule has 2 aromatic carbocycles. The maximum absolute atomic E-state index is 12.2. The van der Waals surface area contributed by atoms with E-state index < -0.39 is 10.0 Å². The lowest BCUT2D eigenvalue weighted by Gasteiger charge is -2.13. The zero-order valence-electron chi connectivity index (χ0n) is 17.1. The van der Waals surface area contributed by atoms with Gasteiger partial charge in [-0.25, -0.2) is 18.1 Å². The van der Waals surface area contributed by atoms with E-state index in [1.54, 1.807) is 58.4 Å². The number of nitrogens with one attached hydrogen (secondary N) is 2. The molecule has 8 nitrogen and oxygen atoms in total. The summed E-state index contributed by atoms with van der Waals surface area (Å²) >= 11 is 0. The molecule has 158 valence electrons. The van der Waals surface area contributed by atoms with E-state index >= 15 is 0 Å². The highest BCUT2D eigenvalue weighted by atomic mass is 32.2. The zero-order valence-corrected chi connectivity index (χ0v) is 17.9. The van der Waals surface area contributed by atoms with Gasteiger partial charge >= 0.3 is 0 Å². The molecule has 0 radical (unpaired) electrons. The summed E-state index contributed by atoms with van der Waals surface area (Å²) < 4.78 is 37.6. The first-order valence-corrected chi connectivity index (χ1v) is 10.7. The van der Waals surface area contributed by atoms with Crippen molar-refractivity contribution in [2.75, 3.05) is 19.5 Å². The fourth-order valence-electron chi connectivity index (χ4n) is 2.73. The van der Waals surface area contributed by atoms with Gasteiger partial charge in [-0.1, -0.05) is 24.3 Å². The minimum atomic E-state index is -3.43. The van der Waals surface area contributed by atoms with Crippen LogP contribution in [0.1, 0.15) is 25.0 Å². The monoisotopic (exact) mass is 420 g/mol. The minimum absolute atomic E-state index is 0.111. The Balaban J connectivity index is 2.11. The van der Waals surface area contributed by atoms with E-state index in [0.717, 1.165) is 5.56 Å². The van der Waals surface area contributed by atoms with Gasteiger partial charge in [-0.3, -0.25) is 0 Å². The number of benzene rings is 2. The number of sulfonamides is 1. The predicted octanol–water partition coefficient (Wildman–Crippen LogP) is 2.46. The summed E-state index contributed by atoms with van der Waals surface area (Å²) in [5.74, 6) is 1.27. The molecule has 29 heavy (non-hydrogen) atoms. The fourth-order valence-corrected chi connectivity index (χ4v) is 4.22. The summed E-state index contributed by atoms with van der Waals surface area (Å²) in [7, 11) is -0.311. The molecule has 0 bridgehead atoms. The number of aliphatic imine (C=N–C) groups is 1. The Morgan fingerprint density at radius 1 is 1.07 bits per heavy atom. The summed E-state index contributed by atoms with van der Waals surface area (Å²) in [6.07, 6.45) is 0. The number of guanidine groups is 1. The van der Waals surface area contributed by atoms with Crippen LogP contribution in [0, 0.1) is 0 Å². The van der Waals surface area contributed by atoms with Crippen molar-refractivity contribution in [1.82, 2.24) is 4.72 Å². The summed E-state index contributed by atoms with van der Waals surface area (Å²) in [5.41, 5.74) is 8.16. The maximum Gasteiger partial charge on any atom is 0.216 e. The summed E-state index contributed by atoms with van der Waals surface area (Å²) in [6, 6.07) is 12.4. The van der Waals surface area contributed by atoms with Crippen molar-refractivity contribution in [3.05, 3.63) is 53.6 Å². The molecular weight excluding hydrogens is 392 g/mol. The largest absolute Gasteiger partial charge is 0.493 e. The van der Waals surface area contributed by atoms with Crippen molar-refractivity contribution in [3.8, 4) is 11.5 Å². The van der Waals surface area contributed by atoms with Crippen LogP contribution in [0.15, 0.2) is 47.5 Å². The summed E-state index contributed by atoms with van der Waals surface area (Å²) in [5, 5.41) is 2.99. The lowest BCUT2D eigenvalue weighted by molar-refractivity contribution is 0.355. The molecule has 0 spiro atoms. The minimum Gasteiger partial charge on any atom is -0.493 e. The molecule has 0 atom stereocenters. The van der Waals surface area contributed by atoms with Gasteiger partial charge in [0.05, 0.1) is 26.5 Å². The first-order chi connectivity index (χ1) is 13.7. The number of hydrogen-bond donors (Lipinski definition) is 3. The molecule has 0 saturated heterocycles. The maximum atomic E-state index is 12.2. The lowest BCUT2D eigenvalue weighted by Crippen LogP contribution is -2.31. The number of methoxy groups -OCH3 is 2. The number of nitrogens with zero attached hydrogens (tertiary/aromatic N) is 1. The smallest absolute Gasteiger partial charge is 0.216 e. The highest BCUT2D eigenvalue weighted by molar-refractivity contribution is 7.88.